The minimum Gasteiger partial charge on any atom is -0.333 e. The zero-order chi connectivity index (χ0) is 19.9. The third kappa shape index (κ3) is 3.75. The standard InChI is InChI=1S/C22H31N3O3/c1-13(2)19(17-3-5-18(6-4-17)20(26)25-28)23-21(27)24-22-10-14-7-15(11-22)9-16(8-14)12-22/h3-6,13-16,19,28H,7-12H2,1-2H3,(H,25,26)(H2,23,24,27). The third-order valence-electron chi connectivity index (χ3n) is 7.00. The van der Waals surface area contributed by atoms with Gasteiger partial charge in [-0.05, 0) is 79.9 Å². The molecular formula is C22H31N3O3. The van der Waals surface area contributed by atoms with Crippen molar-refractivity contribution >= 4 is 11.9 Å². The van der Waals surface area contributed by atoms with Gasteiger partial charge >= 0.3 is 6.03 Å². The van der Waals surface area contributed by atoms with E-state index in [2.05, 4.69) is 24.5 Å². The molecule has 0 saturated heterocycles. The quantitative estimate of drug-likeness (QED) is 0.459. The molecule has 1 aromatic rings. The van der Waals surface area contributed by atoms with Crippen LogP contribution in [0.1, 0.15) is 74.3 Å². The number of hydrogen-bond donors (Lipinski definition) is 4. The average molecular weight is 386 g/mol. The van der Waals surface area contributed by atoms with Gasteiger partial charge in [-0.25, -0.2) is 10.3 Å². The molecule has 4 N–H and O–H groups in total. The zero-order valence-electron chi connectivity index (χ0n) is 16.7. The maximum absolute atomic E-state index is 12.9. The summed E-state index contributed by atoms with van der Waals surface area (Å²) in [7, 11) is 0. The molecular weight excluding hydrogens is 354 g/mol. The van der Waals surface area contributed by atoms with E-state index in [9.17, 15) is 9.59 Å². The number of hydrogen-bond acceptors (Lipinski definition) is 3. The summed E-state index contributed by atoms with van der Waals surface area (Å²) >= 11 is 0. The first-order valence-electron chi connectivity index (χ1n) is 10.5. The number of benzene rings is 1. The van der Waals surface area contributed by atoms with E-state index in [4.69, 9.17) is 5.21 Å². The fourth-order valence-corrected chi connectivity index (χ4v) is 6.22. The van der Waals surface area contributed by atoms with E-state index in [0.717, 1.165) is 42.6 Å². The summed E-state index contributed by atoms with van der Waals surface area (Å²) in [5, 5.41) is 15.3. The molecule has 0 aliphatic heterocycles. The normalized spacial score (nSPS) is 31.5. The number of rotatable bonds is 5. The second-order valence-corrected chi connectivity index (χ2v) is 9.58. The summed E-state index contributed by atoms with van der Waals surface area (Å²) in [4.78, 5) is 24.4. The van der Waals surface area contributed by atoms with Crippen molar-refractivity contribution in [3.05, 3.63) is 35.4 Å². The second kappa shape index (κ2) is 7.39. The van der Waals surface area contributed by atoms with Gasteiger partial charge in [-0.1, -0.05) is 26.0 Å². The predicted molar refractivity (Wildman–Crippen MR) is 106 cm³/mol. The van der Waals surface area contributed by atoms with E-state index in [-0.39, 0.29) is 23.5 Å². The lowest BCUT2D eigenvalue weighted by molar-refractivity contribution is -0.0137. The van der Waals surface area contributed by atoms with Gasteiger partial charge in [0.25, 0.3) is 5.91 Å². The molecule has 1 aromatic carbocycles. The van der Waals surface area contributed by atoms with Gasteiger partial charge in [0.15, 0.2) is 0 Å². The van der Waals surface area contributed by atoms with Gasteiger partial charge in [0.05, 0.1) is 6.04 Å². The Balaban J connectivity index is 1.43. The first kappa shape index (κ1) is 19.2. The Hall–Kier alpha value is -2.08. The van der Waals surface area contributed by atoms with Crippen molar-refractivity contribution < 1.29 is 14.8 Å². The van der Waals surface area contributed by atoms with E-state index in [1.54, 1.807) is 17.6 Å². The first-order valence-corrected chi connectivity index (χ1v) is 10.5. The van der Waals surface area contributed by atoms with Gasteiger partial charge in [0.1, 0.15) is 0 Å². The van der Waals surface area contributed by atoms with Gasteiger partial charge in [0, 0.05) is 11.1 Å². The van der Waals surface area contributed by atoms with Crippen LogP contribution in [0, 0.1) is 23.7 Å². The number of carbonyl (C=O) groups is 2. The summed E-state index contributed by atoms with van der Waals surface area (Å²) in [5.41, 5.74) is 2.96. The van der Waals surface area contributed by atoms with Gasteiger partial charge < -0.3 is 10.6 Å². The predicted octanol–water partition coefficient (Wildman–Crippen LogP) is 3.77. The van der Waals surface area contributed by atoms with E-state index in [0.29, 0.717) is 5.56 Å². The lowest BCUT2D eigenvalue weighted by Crippen LogP contribution is -2.61. The van der Waals surface area contributed by atoms with E-state index >= 15 is 0 Å². The van der Waals surface area contributed by atoms with Crippen LogP contribution in [0.4, 0.5) is 4.79 Å². The summed E-state index contributed by atoms with van der Waals surface area (Å²) in [5.74, 6) is 2.03. The number of amides is 3. The van der Waals surface area contributed by atoms with Gasteiger partial charge in [-0.3, -0.25) is 10.0 Å². The Morgan fingerprint density at radius 2 is 1.54 bits per heavy atom. The lowest BCUT2D eigenvalue weighted by Gasteiger charge is -2.56. The molecule has 0 heterocycles. The minimum absolute atomic E-state index is 0.0105. The molecule has 4 aliphatic carbocycles. The second-order valence-electron chi connectivity index (χ2n) is 9.58. The van der Waals surface area contributed by atoms with Crippen LogP contribution in [0.15, 0.2) is 24.3 Å². The molecule has 0 aromatic heterocycles. The Morgan fingerprint density at radius 3 is 2.00 bits per heavy atom. The SMILES string of the molecule is CC(C)C(NC(=O)NC12CC3CC(CC(C3)C1)C2)c1ccc(C(=O)NO)cc1. The van der Waals surface area contributed by atoms with Gasteiger partial charge in [0.2, 0.25) is 0 Å². The summed E-state index contributed by atoms with van der Waals surface area (Å²) < 4.78 is 0. The third-order valence-corrected chi connectivity index (χ3v) is 7.00. The van der Waals surface area contributed by atoms with E-state index < -0.39 is 5.91 Å². The van der Waals surface area contributed by atoms with Crippen LogP contribution in [0.3, 0.4) is 0 Å². The van der Waals surface area contributed by atoms with Crippen LogP contribution in [0.5, 0.6) is 0 Å². The molecule has 3 amide bonds. The maximum Gasteiger partial charge on any atom is 0.315 e. The molecule has 4 saturated carbocycles. The van der Waals surface area contributed by atoms with Crippen molar-refractivity contribution in [3.63, 3.8) is 0 Å². The highest BCUT2D eigenvalue weighted by molar-refractivity contribution is 5.93. The van der Waals surface area contributed by atoms with Crippen molar-refractivity contribution in [1.29, 1.82) is 0 Å². The summed E-state index contributed by atoms with van der Waals surface area (Å²) in [6.45, 7) is 4.15. The number of carbonyl (C=O) groups excluding carboxylic acids is 2. The lowest BCUT2D eigenvalue weighted by atomic mass is 9.53. The highest BCUT2D eigenvalue weighted by Gasteiger charge is 2.51. The van der Waals surface area contributed by atoms with Crippen molar-refractivity contribution in [2.45, 2.75) is 64.0 Å². The Morgan fingerprint density at radius 1 is 1.00 bits per heavy atom. The van der Waals surface area contributed by atoms with Crippen LogP contribution in [-0.4, -0.2) is 22.7 Å². The molecule has 4 bridgehead atoms. The Bertz CT molecular complexity index is 709. The van der Waals surface area contributed by atoms with Crippen molar-refractivity contribution in [2.75, 3.05) is 0 Å². The van der Waals surface area contributed by atoms with E-state index in [1.165, 1.54) is 19.3 Å². The number of hydroxylamine groups is 1. The highest BCUT2D eigenvalue weighted by atomic mass is 16.5. The smallest absolute Gasteiger partial charge is 0.315 e. The number of nitrogens with one attached hydrogen (secondary N) is 3. The zero-order valence-corrected chi connectivity index (χ0v) is 16.7. The molecule has 152 valence electrons. The molecule has 0 radical (unpaired) electrons. The molecule has 1 atom stereocenters. The van der Waals surface area contributed by atoms with Gasteiger partial charge in [-0.2, -0.15) is 0 Å². The monoisotopic (exact) mass is 385 g/mol. The molecule has 6 nitrogen and oxygen atoms in total. The first-order chi connectivity index (χ1) is 13.4. The molecule has 6 heteroatoms. The van der Waals surface area contributed by atoms with E-state index in [1.807, 2.05) is 12.1 Å². The van der Waals surface area contributed by atoms with Crippen LogP contribution < -0.4 is 16.1 Å². The molecule has 5 rings (SSSR count). The minimum atomic E-state index is -0.542. The molecule has 1 unspecified atom stereocenters. The Kier molecular flexibility index (Phi) is 5.08. The fourth-order valence-electron chi connectivity index (χ4n) is 6.22. The summed E-state index contributed by atoms with van der Waals surface area (Å²) in [6.07, 6.45) is 7.44. The number of urea groups is 1. The van der Waals surface area contributed by atoms with Crippen LogP contribution in [0.25, 0.3) is 0 Å². The van der Waals surface area contributed by atoms with Crippen LogP contribution in [-0.2, 0) is 0 Å². The topological polar surface area (TPSA) is 90.5 Å². The molecule has 0 spiro atoms. The highest BCUT2D eigenvalue weighted by Crippen LogP contribution is 2.55. The Labute approximate surface area is 166 Å². The average Bonchev–Trinajstić information content (AvgIpc) is 2.64. The van der Waals surface area contributed by atoms with Crippen LogP contribution in [0.2, 0.25) is 0 Å². The summed E-state index contributed by atoms with van der Waals surface area (Å²) in [6, 6.07) is 6.77. The van der Waals surface area contributed by atoms with Gasteiger partial charge in [-0.15, -0.1) is 0 Å². The largest absolute Gasteiger partial charge is 0.333 e. The van der Waals surface area contributed by atoms with Crippen molar-refractivity contribution in [2.24, 2.45) is 23.7 Å². The molecule has 4 aliphatic rings. The molecule has 28 heavy (non-hydrogen) atoms. The van der Waals surface area contributed by atoms with Crippen LogP contribution >= 0.6 is 0 Å². The fraction of sp³-hybridized carbons (Fsp3) is 0.636. The maximum atomic E-state index is 12.9. The molecule has 4 fully saturated rings. The van der Waals surface area contributed by atoms with Crippen molar-refractivity contribution in [3.8, 4) is 0 Å². The van der Waals surface area contributed by atoms with Crippen molar-refractivity contribution in [1.82, 2.24) is 16.1 Å².